The SMILES string of the molecule is CCCCCCCC(CCCCC)CC(CCCCC)CCCCCCC. The lowest BCUT2D eigenvalue weighted by molar-refractivity contribution is 0.283. The van der Waals surface area contributed by atoms with Gasteiger partial charge in [0.1, 0.15) is 0 Å². The molecule has 0 heterocycles. The van der Waals surface area contributed by atoms with Crippen molar-refractivity contribution in [2.45, 2.75) is 163 Å². The Morgan fingerprint density at radius 3 is 0.926 bits per heavy atom. The van der Waals surface area contributed by atoms with E-state index >= 15 is 0 Å². The van der Waals surface area contributed by atoms with Crippen LogP contribution >= 0.6 is 0 Å². The monoisotopic (exact) mass is 380 g/mol. The Bertz CT molecular complexity index is 231. The van der Waals surface area contributed by atoms with Crippen molar-refractivity contribution in [1.29, 1.82) is 0 Å². The second-order valence-corrected chi connectivity index (χ2v) is 9.37. The zero-order valence-corrected chi connectivity index (χ0v) is 20.0. The molecule has 0 radical (unpaired) electrons. The summed E-state index contributed by atoms with van der Waals surface area (Å²) < 4.78 is 0. The van der Waals surface area contributed by atoms with Crippen LogP contribution in [-0.4, -0.2) is 0 Å². The molecule has 0 N–H and O–H groups in total. The van der Waals surface area contributed by atoms with Crippen LogP contribution in [0.1, 0.15) is 163 Å². The third kappa shape index (κ3) is 19.1. The molecule has 0 aromatic rings. The fraction of sp³-hybridized carbons (Fsp3) is 1.00. The molecule has 0 rings (SSSR count). The molecule has 2 unspecified atom stereocenters. The fourth-order valence-corrected chi connectivity index (χ4v) is 4.67. The van der Waals surface area contributed by atoms with Crippen molar-refractivity contribution in [3.05, 3.63) is 0 Å². The number of hydrogen-bond donors (Lipinski definition) is 0. The minimum Gasteiger partial charge on any atom is -0.0654 e. The molecule has 0 aromatic heterocycles. The van der Waals surface area contributed by atoms with Gasteiger partial charge in [-0.25, -0.2) is 0 Å². The van der Waals surface area contributed by atoms with Crippen LogP contribution in [0.2, 0.25) is 0 Å². The summed E-state index contributed by atoms with van der Waals surface area (Å²) in [6.07, 6.45) is 30.8. The van der Waals surface area contributed by atoms with Crippen molar-refractivity contribution >= 4 is 0 Å². The van der Waals surface area contributed by atoms with Gasteiger partial charge in [0, 0.05) is 0 Å². The van der Waals surface area contributed by atoms with Crippen molar-refractivity contribution in [1.82, 2.24) is 0 Å². The molecular formula is C27H56. The average Bonchev–Trinajstić information content (AvgIpc) is 2.67. The molecule has 0 nitrogen and oxygen atoms in total. The minimum atomic E-state index is 1.03. The van der Waals surface area contributed by atoms with Crippen LogP contribution in [0, 0.1) is 11.8 Å². The molecule has 0 heteroatoms. The van der Waals surface area contributed by atoms with E-state index < -0.39 is 0 Å². The maximum absolute atomic E-state index is 2.35. The van der Waals surface area contributed by atoms with Crippen molar-refractivity contribution < 1.29 is 0 Å². The molecule has 0 spiro atoms. The molecule has 0 saturated heterocycles. The number of hydrogen-bond acceptors (Lipinski definition) is 0. The maximum atomic E-state index is 2.35. The summed E-state index contributed by atoms with van der Waals surface area (Å²) in [6, 6.07) is 0. The molecule has 0 saturated carbocycles. The van der Waals surface area contributed by atoms with Gasteiger partial charge < -0.3 is 0 Å². The van der Waals surface area contributed by atoms with Crippen molar-refractivity contribution in [3.63, 3.8) is 0 Å². The fourth-order valence-electron chi connectivity index (χ4n) is 4.67. The molecule has 27 heavy (non-hydrogen) atoms. The zero-order chi connectivity index (χ0) is 20.0. The van der Waals surface area contributed by atoms with E-state index in [0.717, 1.165) is 11.8 Å². The maximum Gasteiger partial charge on any atom is -0.0412 e. The van der Waals surface area contributed by atoms with E-state index in [-0.39, 0.29) is 0 Å². The topological polar surface area (TPSA) is 0 Å². The predicted octanol–water partition coefficient (Wildman–Crippen LogP) is 10.5. The molecular weight excluding hydrogens is 324 g/mol. The average molecular weight is 381 g/mol. The molecule has 0 bridgehead atoms. The Morgan fingerprint density at radius 1 is 0.333 bits per heavy atom. The van der Waals surface area contributed by atoms with Crippen molar-refractivity contribution in [2.75, 3.05) is 0 Å². The van der Waals surface area contributed by atoms with Gasteiger partial charge in [0.05, 0.1) is 0 Å². The molecule has 0 aromatic carbocycles. The van der Waals surface area contributed by atoms with Crippen LogP contribution < -0.4 is 0 Å². The summed E-state index contributed by atoms with van der Waals surface area (Å²) in [5, 5.41) is 0. The summed E-state index contributed by atoms with van der Waals surface area (Å²) in [5.74, 6) is 2.06. The van der Waals surface area contributed by atoms with Gasteiger partial charge >= 0.3 is 0 Å². The second-order valence-electron chi connectivity index (χ2n) is 9.37. The highest BCUT2D eigenvalue weighted by atomic mass is 14.2. The van der Waals surface area contributed by atoms with Gasteiger partial charge in [-0.05, 0) is 18.3 Å². The Kier molecular flexibility index (Phi) is 22.3. The Hall–Kier alpha value is 0. The lowest BCUT2D eigenvalue weighted by Crippen LogP contribution is -2.10. The first-order valence-electron chi connectivity index (χ1n) is 13.3. The molecule has 0 fully saturated rings. The summed E-state index contributed by atoms with van der Waals surface area (Å²) in [6.45, 7) is 9.36. The van der Waals surface area contributed by atoms with Gasteiger partial charge in [-0.2, -0.15) is 0 Å². The van der Waals surface area contributed by atoms with Crippen LogP contribution in [0.25, 0.3) is 0 Å². The summed E-state index contributed by atoms with van der Waals surface area (Å²) in [4.78, 5) is 0. The van der Waals surface area contributed by atoms with E-state index in [1.807, 2.05) is 0 Å². The van der Waals surface area contributed by atoms with Crippen LogP contribution in [0.4, 0.5) is 0 Å². The van der Waals surface area contributed by atoms with Gasteiger partial charge in [-0.3, -0.25) is 0 Å². The lowest BCUT2D eigenvalue weighted by atomic mass is 9.82. The van der Waals surface area contributed by atoms with E-state index in [4.69, 9.17) is 0 Å². The van der Waals surface area contributed by atoms with Gasteiger partial charge in [-0.15, -0.1) is 0 Å². The molecule has 0 aliphatic heterocycles. The number of rotatable bonds is 22. The van der Waals surface area contributed by atoms with Crippen LogP contribution in [0.5, 0.6) is 0 Å². The van der Waals surface area contributed by atoms with Crippen LogP contribution in [0.3, 0.4) is 0 Å². The lowest BCUT2D eigenvalue weighted by Gasteiger charge is -2.24. The Labute approximate surface area is 174 Å². The van der Waals surface area contributed by atoms with Crippen molar-refractivity contribution in [3.8, 4) is 0 Å². The minimum absolute atomic E-state index is 1.03. The van der Waals surface area contributed by atoms with Crippen LogP contribution in [-0.2, 0) is 0 Å². The Balaban J connectivity index is 4.37. The highest BCUT2D eigenvalue weighted by Crippen LogP contribution is 2.30. The van der Waals surface area contributed by atoms with E-state index in [1.165, 1.54) is 128 Å². The van der Waals surface area contributed by atoms with Gasteiger partial charge in [0.25, 0.3) is 0 Å². The number of unbranched alkanes of at least 4 members (excludes halogenated alkanes) is 12. The highest BCUT2D eigenvalue weighted by molar-refractivity contribution is 4.69. The molecule has 164 valence electrons. The molecule has 2 atom stereocenters. The first kappa shape index (κ1) is 27.0. The molecule has 0 aliphatic rings. The Morgan fingerprint density at radius 2 is 0.593 bits per heavy atom. The van der Waals surface area contributed by atoms with Gasteiger partial charge in [0.15, 0.2) is 0 Å². The zero-order valence-electron chi connectivity index (χ0n) is 20.0. The third-order valence-electron chi connectivity index (χ3n) is 6.53. The first-order chi connectivity index (χ1) is 13.3. The van der Waals surface area contributed by atoms with E-state index in [1.54, 1.807) is 6.42 Å². The second kappa shape index (κ2) is 22.3. The smallest absolute Gasteiger partial charge is 0.0412 e. The van der Waals surface area contributed by atoms with E-state index in [9.17, 15) is 0 Å². The quantitative estimate of drug-likeness (QED) is 0.164. The predicted molar refractivity (Wildman–Crippen MR) is 127 cm³/mol. The van der Waals surface area contributed by atoms with Gasteiger partial charge in [0.2, 0.25) is 0 Å². The van der Waals surface area contributed by atoms with E-state index in [2.05, 4.69) is 27.7 Å². The molecule has 0 aliphatic carbocycles. The van der Waals surface area contributed by atoms with E-state index in [0.29, 0.717) is 0 Å². The standard InChI is InChI=1S/C27H56/c1-5-9-13-15-19-23-26(21-17-11-7-3)25-27(22-18-12-8-4)24-20-16-14-10-6-2/h26-27H,5-25H2,1-4H3. The summed E-state index contributed by atoms with van der Waals surface area (Å²) >= 11 is 0. The molecule has 0 amide bonds. The summed E-state index contributed by atoms with van der Waals surface area (Å²) in [5.41, 5.74) is 0. The largest absolute Gasteiger partial charge is 0.0654 e. The van der Waals surface area contributed by atoms with Crippen molar-refractivity contribution in [2.24, 2.45) is 11.8 Å². The van der Waals surface area contributed by atoms with Crippen LogP contribution in [0.15, 0.2) is 0 Å². The highest BCUT2D eigenvalue weighted by Gasteiger charge is 2.16. The van der Waals surface area contributed by atoms with Gasteiger partial charge in [-0.1, -0.05) is 156 Å². The normalized spacial score (nSPS) is 13.8. The third-order valence-corrected chi connectivity index (χ3v) is 6.53. The first-order valence-corrected chi connectivity index (χ1v) is 13.3. The summed E-state index contributed by atoms with van der Waals surface area (Å²) in [7, 11) is 0.